The Balaban J connectivity index is 2.27. The van der Waals surface area contributed by atoms with E-state index >= 15 is 0 Å². The summed E-state index contributed by atoms with van der Waals surface area (Å²) in [5.74, 6) is -0.659. The Hall–Kier alpha value is -1.27. The van der Waals surface area contributed by atoms with Gasteiger partial charge in [-0.05, 0) is 18.2 Å². The quantitative estimate of drug-likeness (QED) is 0.883. The number of halogens is 3. The first-order valence-electron chi connectivity index (χ1n) is 6.29. The number of alkyl halides is 2. The molecule has 1 aromatic rings. The maximum Gasteiger partial charge on any atom is 0.240 e. The second kappa shape index (κ2) is 6.25. The molecule has 106 valence electrons. The summed E-state index contributed by atoms with van der Waals surface area (Å²) in [4.78, 5) is 1.86. The second-order valence-electron chi connectivity index (χ2n) is 4.63. The Bertz CT molecular complexity index is 422. The first kappa shape index (κ1) is 14.1. The molecule has 2 rings (SSSR count). The van der Waals surface area contributed by atoms with Crippen molar-refractivity contribution in [3.05, 3.63) is 29.6 Å². The Morgan fingerprint density at radius 1 is 1.26 bits per heavy atom. The van der Waals surface area contributed by atoms with Crippen molar-refractivity contribution in [2.45, 2.75) is 18.9 Å². The molecule has 0 aliphatic carbocycles. The van der Waals surface area contributed by atoms with E-state index in [2.05, 4.69) is 5.32 Å². The summed E-state index contributed by atoms with van der Waals surface area (Å²) >= 11 is 0. The number of phenolic OH excluding ortho intramolecular Hbond substituents is 1. The summed E-state index contributed by atoms with van der Waals surface area (Å²) in [6, 6.07) is 2.82. The van der Waals surface area contributed by atoms with Crippen molar-refractivity contribution in [2.24, 2.45) is 0 Å². The van der Waals surface area contributed by atoms with E-state index in [0.717, 1.165) is 12.1 Å². The van der Waals surface area contributed by atoms with Crippen LogP contribution in [-0.4, -0.2) is 42.6 Å². The minimum atomic E-state index is -2.50. The SMILES string of the molecule is Oc1ccc(F)cc1[C@H](CC(F)F)N1CCNCC1. The lowest BCUT2D eigenvalue weighted by molar-refractivity contribution is 0.0728. The molecular formula is C13H17F3N2O. The molecule has 2 N–H and O–H groups in total. The minimum Gasteiger partial charge on any atom is -0.508 e. The third kappa shape index (κ3) is 3.61. The van der Waals surface area contributed by atoms with E-state index in [4.69, 9.17) is 0 Å². The van der Waals surface area contributed by atoms with Crippen LogP contribution >= 0.6 is 0 Å². The summed E-state index contributed by atoms with van der Waals surface area (Å²) in [6.45, 7) is 2.62. The fraction of sp³-hybridized carbons (Fsp3) is 0.538. The number of phenols is 1. The number of nitrogens with one attached hydrogen (secondary N) is 1. The summed E-state index contributed by atoms with van der Waals surface area (Å²) in [6.07, 6.45) is -2.90. The van der Waals surface area contributed by atoms with Crippen molar-refractivity contribution in [3.63, 3.8) is 0 Å². The molecule has 19 heavy (non-hydrogen) atoms. The number of aromatic hydroxyl groups is 1. The third-order valence-electron chi connectivity index (χ3n) is 3.34. The van der Waals surface area contributed by atoms with Gasteiger partial charge in [0.2, 0.25) is 6.43 Å². The van der Waals surface area contributed by atoms with Crippen molar-refractivity contribution in [1.29, 1.82) is 0 Å². The lowest BCUT2D eigenvalue weighted by Crippen LogP contribution is -2.45. The third-order valence-corrected chi connectivity index (χ3v) is 3.34. The molecular weight excluding hydrogens is 257 g/mol. The van der Waals surface area contributed by atoms with Crippen LogP contribution in [0.2, 0.25) is 0 Å². The predicted octanol–water partition coefficient (Wildman–Crippen LogP) is 2.13. The normalized spacial score (nSPS) is 18.7. The summed E-state index contributed by atoms with van der Waals surface area (Å²) in [5, 5.41) is 12.9. The Kier molecular flexibility index (Phi) is 4.66. The number of benzene rings is 1. The van der Waals surface area contributed by atoms with Crippen LogP contribution in [-0.2, 0) is 0 Å². The number of hydrogen-bond acceptors (Lipinski definition) is 3. The molecule has 0 bridgehead atoms. The maximum absolute atomic E-state index is 13.3. The molecule has 0 aromatic heterocycles. The van der Waals surface area contributed by atoms with Gasteiger partial charge < -0.3 is 10.4 Å². The topological polar surface area (TPSA) is 35.5 Å². The van der Waals surface area contributed by atoms with Crippen LogP contribution in [0.25, 0.3) is 0 Å². The van der Waals surface area contributed by atoms with E-state index in [-0.39, 0.29) is 11.3 Å². The van der Waals surface area contributed by atoms with E-state index in [1.54, 1.807) is 0 Å². The second-order valence-corrected chi connectivity index (χ2v) is 4.63. The van der Waals surface area contributed by atoms with Crippen LogP contribution < -0.4 is 5.32 Å². The van der Waals surface area contributed by atoms with E-state index in [0.29, 0.717) is 26.2 Å². The number of rotatable bonds is 4. The van der Waals surface area contributed by atoms with Gasteiger partial charge in [-0.3, -0.25) is 4.90 Å². The van der Waals surface area contributed by atoms with Gasteiger partial charge in [0.1, 0.15) is 11.6 Å². The monoisotopic (exact) mass is 274 g/mol. The number of piperazine rings is 1. The maximum atomic E-state index is 13.3. The lowest BCUT2D eigenvalue weighted by Gasteiger charge is -2.35. The molecule has 3 nitrogen and oxygen atoms in total. The zero-order valence-electron chi connectivity index (χ0n) is 10.5. The standard InChI is InChI=1S/C13H17F3N2O/c14-9-1-2-12(19)10(7-9)11(8-13(15)16)18-5-3-17-4-6-18/h1-2,7,11,13,17,19H,3-6,8H2/t11-/m0/s1. The summed E-state index contributed by atoms with van der Waals surface area (Å²) in [7, 11) is 0. The lowest BCUT2D eigenvalue weighted by atomic mass is 10.00. The van der Waals surface area contributed by atoms with Crippen molar-refractivity contribution in [2.75, 3.05) is 26.2 Å². The molecule has 6 heteroatoms. The molecule has 1 aliphatic heterocycles. The van der Waals surface area contributed by atoms with Gasteiger partial charge in [-0.2, -0.15) is 0 Å². The highest BCUT2D eigenvalue weighted by molar-refractivity contribution is 5.35. The van der Waals surface area contributed by atoms with Gasteiger partial charge in [0.15, 0.2) is 0 Å². The van der Waals surface area contributed by atoms with Crippen LogP contribution in [0.15, 0.2) is 18.2 Å². The van der Waals surface area contributed by atoms with Gasteiger partial charge in [0, 0.05) is 44.2 Å². The summed E-state index contributed by atoms with van der Waals surface area (Å²) < 4.78 is 38.8. The van der Waals surface area contributed by atoms with E-state index in [1.807, 2.05) is 4.90 Å². The van der Waals surface area contributed by atoms with Crippen molar-refractivity contribution >= 4 is 0 Å². The van der Waals surface area contributed by atoms with Gasteiger partial charge in [0.25, 0.3) is 0 Å². The molecule has 1 aliphatic rings. The van der Waals surface area contributed by atoms with E-state index in [9.17, 15) is 18.3 Å². The molecule has 1 saturated heterocycles. The fourth-order valence-electron chi connectivity index (χ4n) is 2.43. The molecule has 0 saturated carbocycles. The van der Waals surface area contributed by atoms with Crippen LogP contribution in [0.3, 0.4) is 0 Å². The average molecular weight is 274 g/mol. The Morgan fingerprint density at radius 3 is 2.58 bits per heavy atom. The zero-order valence-corrected chi connectivity index (χ0v) is 10.5. The summed E-state index contributed by atoms with van der Waals surface area (Å²) in [5.41, 5.74) is 0.238. The molecule has 0 spiro atoms. The van der Waals surface area contributed by atoms with E-state index < -0.39 is 24.7 Å². The van der Waals surface area contributed by atoms with Crippen molar-refractivity contribution < 1.29 is 18.3 Å². The van der Waals surface area contributed by atoms with E-state index in [1.165, 1.54) is 6.07 Å². The Labute approximate surface area is 110 Å². The van der Waals surface area contributed by atoms with Crippen molar-refractivity contribution in [3.8, 4) is 5.75 Å². The largest absolute Gasteiger partial charge is 0.508 e. The van der Waals surface area contributed by atoms with Crippen LogP contribution in [0.1, 0.15) is 18.0 Å². The fourth-order valence-corrected chi connectivity index (χ4v) is 2.43. The molecule has 0 unspecified atom stereocenters. The highest BCUT2D eigenvalue weighted by Crippen LogP contribution is 2.33. The molecule has 1 atom stereocenters. The molecule has 0 radical (unpaired) electrons. The highest BCUT2D eigenvalue weighted by atomic mass is 19.3. The van der Waals surface area contributed by atoms with Crippen LogP contribution in [0.4, 0.5) is 13.2 Å². The van der Waals surface area contributed by atoms with Gasteiger partial charge in [-0.1, -0.05) is 0 Å². The smallest absolute Gasteiger partial charge is 0.240 e. The van der Waals surface area contributed by atoms with Crippen LogP contribution in [0.5, 0.6) is 5.75 Å². The van der Waals surface area contributed by atoms with Gasteiger partial charge in [0.05, 0.1) is 0 Å². The van der Waals surface area contributed by atoms with Gasteiger partial charge in [-0.25, -0.2) is 13.2 Å². The van der Waals surface area contributed by atoms with Gasteiger partial charge >= 0.3 is 0 Å². The minimum absolute atomic E-state index is 0.134. The number of nitrogens with zero attached hydrogens (tertiary/aromatic N) is 1. The molecule has 0 amide bonds. The van der Waals surface area contributed by atoms with Crippen LogP contribution in [0, 0.1) is 5.82 Å². The number of hydrogen-bond donors (Lipinski definition) is 2. The first-order chi connectivity index (χ1) is 9.08. The molecule has 1 aromatic carbocycles. The average Bonchev–Trinajstić information content (AvgIpc) is 2.40. The Morgan fingerprint density at radius 2 is 1.95 bits per heavy atom. The first-order valence-corrected chi connectivity index (χ1v) is 6.29. The highest BCUT2D eigenvalue weighted by Gasteiger charge is 2.27. The predicted molar refractivity (Wildman–Crippen MR) is 65.9 cm³/mol. The van der Waals surface area contributed by atoms with Crippen molar-refractivity contribution in [1.82, 2.24) is 10.2 Å². The van der Waals surface area contributed by atoms with Gasteiger partial charge in [-0.15, -0.1) is 0 Å². The zero-order chi connectivity index (χ0) is 13.8. The molecule has 1 fully saturated rings. The molecule has 1 heterocycles.